The van der Waals surface area contributed by atoms with Crippen molar-refractivity contribution in [2.24, 2.45) is 0 Å². The molecule has 0 spiro atoms. The Morgan fingerprint density at radius 3 is 2.42 bits per heavy atom. The zero-order chi connectivity index (χ0) is 16.9. The smallest absolute Gasteiger partial charge is 0.257 e. The molecule has 0 aliphatic carbocycles. The van der Waals surface area contributed by atoms with Gasteiger partial charge in [-0.1, -0.05) is 24.3 Å². The quantitative estimate of drug-likeness (QED) is 0.872. The predicted octanol–water partition coefficient (Wildman–Crippen LogP) is 2.53. The van der Waals surface area contributed by atoms with Gasteiger partial charge in [0, 0.05) is 26.2 Å². The molecule has 0 radical (unpaired) electrons. The molecule has 0 bridgehead atoms. The number of hydrogen-bond donors (Lipinski definition) is 0. The number of para-hydroxylation sites is 2. The molecule has 0 saturated carbocycles. The Morgan fingerprint density at radius 1 is 1.04 bits per heavy atom. The van der Waals surface area contributed by atoms with Gasteiger partial charge >= 0.3 is 0 Å². The number of piperazine rings is 1. The van der Waals surface area contributed by atoms with Crippen molar-refractivity contribution in [3.05, 3.63) is 59.7 Å². The zero-order valence-corrected chi connectivity index (χ0v) is 13.6. The number of benzene rings is 2. The standard InChI is InChI=1S/C19H19N3O2/c1-24-18-9-5-3-7-16(18)19(23)22-12-10-21(11-13-22)17-8-4-2-6-15(17)14-20/h2-9H,10-13H2,1H3. The highest BCUT2D eigenvalue weighted by atomic mass is 16.5. The van der Waals surface area contributed by atoms with Crippen LogP contribution in [0.2, 0.25) is 0 Å². The molecule has 1 heterocycles. The van der Waals surface area contributed by atoms with Crippen LogP contribution in [-0.4, -0.2) is 44.1 Å². The first-order chi connectivity index (χ1) is 11.7. The van der Waals surface area contributed by atoms with Gasteiger partial charge in [-0.15, -0.1) is 0 Å². The second kappa shape index (κ2) is 7.05. The highest BCUT2D eigenvalue weighted by Gasteiger charge is 2.25. The van der Waals surface area contributed by atoms with Gasteiger partial charge in [0.2, 0.25) is 0 Å². The summed E-state index contributed by atoms with van der Waals surface area (Å²) >= 11 is 0. The van der Waals surface area contributed by atoms with E-state index in [0.29, 0.717) is 43.1 Å². The number of nitrogens with zero attached hydrogens (tertiary/aromatic N) is 3. The molecular formula is C19H19N3O2. The number of rotatable bonds is 3. The first kappa shape index (κ1) is 15.9. The Labute approximate surface area is 141 Å². The summed E-state index contributed by atoms with van der Waals surface area (Å²) in [6.45, 7) is 2.66. The summed E-state index contributed by atoms with van der Waals surface area (Å²) in [7, 11) is 1.57. The van der Waals surface area contributed by atoms with Gasteiger partial charge in [0.05, 0.1) is 23.9 Å². The Kier molecular flexibility index (Phi) is 4.66. The summed E-state index contributed by atoms with van der Waals surface area (Å²) in [6, 6.07) is 17.1. The molecule has 5 nitrogen and oxygen atoms in total. The van der Waals surface area contributed by atoms with E-state index < -0.39 is 0 Å². The molecule has 1 fully saturated rings. The summed E-state index contributed by atoms with van der Waals surface area (Å²) < 4.78 is 5.28. The van der Waals surface area contributed by atoms with Crippen molar-refractivity contribution in [2.45, 2.75) is 0 Å². The van der Waals surface area contributed by atoms with Crippen LogP contribution >= 0.6 is 0 Å². The third-order valence-electron chi connectivity index (χ3n) is 4.27. The van der Waals surface area contributed by atoms with E-state index >= 15 is 0 Å². The molecule has 1 amide bonds. The van der Waals surface area contributed by atoms with Crippen molar-refractivity contribution in [2.75, 3.05) is 38.2 Å². The number of hydrogen-bond acceptors (Lipinski definition) is 4. The molecule has 3 rings (SSSR count). The molecule has 24 heavy (non-hydrogen) atoms. The lowest BCUT2D eigenvalue weighted by atomic mass is 10.1. The minimum absolute atomic E-state index is 0.0133. The van der Waals surface area contributed by atoms with E-state index in [1.54, 1.807) is 19.2 Å². The maximum atomic E-state index is 12.7. The average Bonchev–Trinajstić information content (AvgIpc) is 2.67. The lowest BCUT2D eigenvalue weighted by Crippen LogP contribution is -2.49. The summed E-state index contributed by atoms with van der Waals surface area (Å²) in [6.07, 6.45) is 0. The number of methoxy groups -OCH3 is 1. The van der Waals surface area contributed by atoms with Crippen LogP contribution in [0, 0.1) is 11.3 Å². The molecule has 122 valence electrons. The zero-order valence-electron chi connectivity index (χ0n) is 13.6. The summed E-state index contributed by atoms with van der Waals surface area (Å²) in [5.41, 5.74) is 2.19. The fraction of sp³-hybridized carbons (Fsp3) is 0.263. The van der Waals surface area contributed by atoms with Gasteiger partial charge in [0.1, 0.15) is 11.8 Å². The molecule has 0 unspecified atom stereocenters. The van der Waals surface area contributed by atoms with Crippen LogP contribution in [0.4, 0.5) is 5.69 Å². The number of nitriles is 1. The van der Waals surface area contributed by atoms with Gasteiger partial charge in [-0.05, 0) is 24.3 Å². The van der Waals surface area contributed by atoms with Crippen LogP contribution in [-0.2, 0) is 0 Å². The van der Waals surface area contributed by atoms with Crippen LogP contribution in [0.15, 0.2) is 48.5 Å². The normalized spacial score (nSPS) is 14.2. The van der Waals surface area contributed by atoms with E-state index in [4.69, 9.17) is 4.74 Å². The van der Waals surface area contributed by atoms with Crippen molar-refractivity contribution >= 4 is 11.6 Å². The number of carbonyl (C=O) groups excluding carboxylic acids is 1. The van der Waals surface area contributed by atoms with E-state index in [1.807, 2.05) is 41.3 Å². The van der Waals surface area contributed by atoms with Crippen molar-refractivity contribution in [3.8, 4) is 11.8 Å². The van der Waals surface area contributed by atoms with Gasteiger partial charge < -0.3 is 14.5 Å². The first-order valence-corrected chi connectivity index (χ1v) is 7.91. The molecule has 2 aromatic rings. The van der Waals surface area contributed by atoms with E-state index in [-0.39, 0.29) is 5.91 Å². The van der Waals surface area contributed by atoms with Crippen LogP contribution < -0.4 is 9.64 Å². The van der Waals surface area contributed by atoms with Gasteiger partial charge in [-0.3, -0.25) is 4.79 Å². The highest BCUT2D eigenvalue weighted by Crippen LogP contribution is 2.23. The lowest BCUT2D eigenvalue weighted by molar-refractivity contribution is 0.0743. The van der Waals surface area contributed by atoms with Crippen molar-refractivity contribution in [1.82, 2.24) is 4.90 Å². The summed E-state index contributed by atoms with van der Waals surface area (Å²) in [4.78, 5) is 16.7. The van der Waals surface area contributed by atoms with E-state index in [9.17, 15) is 10.1 Å². The number of anilines is 1. The topological polar surface area (TPSA) is 56.6 Å². The second-order valence-corrected chi connectivity index (χ2v) is 5.61. The molecular weight excluding hydrogens is 302 g/mol. The Balaban J connectivity index is 1.71. The number of ether oxygens (including phenoxy) is 1. The van der Waals surface area contributed by atoms with Crippen LogP contribution in [0.1, 0.15) is 15.9 Å². The Hall–Kier alpha value is -3.00. The van der Waals surface area contributed by atoms with Gasteiger partial charge in [-0.2, -0.15) is 5.26 Å². The van der Waals surface area contributed by atoms with Crippen LogP contribution in [0.5, 0.6) is 5.75 Å². The largest absolute Gasteiger partial charge is 0.496 e. The Morgan fingerprint density at radius 2 is 1.71 bits per heavy atom. The Bertz CT molecular complexity index is 774. The lowest BCUT2D eigenvalue weighted by Gasteiger charge is -2.36. The third kappa shape index (κ3) is 3.04. The first-order valence-electron chi connectivity index (χ1n) is 7.91. The van der Waals surface area contributed by atoms with Crippen molar-refractivity contribution in [3.63, 3.8) is 0 Å². The molecule has 2 aromatic carbocycles. The van der Waals surface area contributed by atoms with Crippen LogP contribution in [0.3, 0.4) is 0 Å². The van der Waals surface area contributed by atoms with Gasteiger partial charge in [0.15, 0.2) is 0 Å². The average molecular weight is 321 g/mol. The third-order valence-corrected chi connectivity index (χ3v) is 4.27. The predicted molar refractivity (Wildman–Crippen MR) is 92.3 cm³/mol. The number of amides is 1. The van der Waals surface area contributed by atoms with E-state index in [1.165, 1.54) is 0 Å². The van der Waals surface area contributed by atoms with Gasteiger partial charge in [0.25, 0.3) is 5.91 Å². The van der Waals surface area contributed by atoms with Gasteiger partial charge in [-0.25, -0.2) is 0 Å². The molecule has 0 atom stereocenters. The molecule has 1 saturated heterocycles. The summed E-state index contributed by atoms with van der Waals surface area (Å²) in [5.74, 6) is 0.584. The fourth-order valence-electron chi connectivity index (χ4n) is 2.99. The minimum atomic E-state index is -0.0133. The van der Waals surface area contributed by atoms with Crippen molar-refractivity contribution in [1.29, 1.82) is 5.26 Å². The fourth-order valence-corrected chi connectivity index (χ4v) is 2.99. The monoisotopic (exact) mass is 321 g/mol. The highest BCUT2D eigenvalue weighted by molar-refractivity contribution is 5.97. The van der Waals surface area contributed by atoms with E-state index in [2.05, 4.69) is 11.0 Å². The van der Waals surface area contributed by atoms with Crippen LogP contribution in [0.25, 0.3) is 0 Å². The van der Waals surface area contributed by atoms with Crippen molar-refractivity contribution < 1.29 is 9.53 Å². The molecule has 0 aromatic heterocycles. The molecule has 5 heteroatoms. The van der Waals surface area contributed by atoms with E-state index in [0.717, 1.165) is 5.69 Å². The molecule has 0 N–H and O–H groups in total. The number of carbonyl (C=O) groups is 1. The summed E-state index contributed by atoms with van der Waals surface area (Å²) in [5, 5.41) is 9.24. The molecule has 1 aliphatic rings. The second-order valence-electron chi connectivity index (χ2n) is 5.61. The minimum Gasteiger partial charge on any atom is -0.496 e. The molecule has 1 aliphatic heterocycles. The maximum absolute atomic E-state index is 12.7. The SMILES string of the molecule is COc1ccccc1C(=O)N1CCN(c2ccccc2C#N)CC1. The maximum Gasteiger partial charge on any atom is 0.257 e.